The van der Waals surface area contributed by atoms with Crippen LogP contribution < -0.4 is 5.32 Å². The van der Waals surface area contributed by atoms with Gasteiger partial charge in [-0.2, -0.15) is 0 Å². The Morgan fingerprint density at radius 1 is 1.38 bits per heavy atom. The Balaban J connectivity index is 1.96. The molecule has 0 spiro atoms. The Morgan fingerprint density at radius 2 is 2.31 bits per heavy atom. The lowest BCUT2D eigenvalue weighted by atomic mass is 9.92. The minimum Gasteiger partial charge on any atom is -0.372 e. The van der Waals surface area contributed by atoms with Crippen LogP contribution in [0.4, 0.5) is 4.39 Å². The molecule has 0 saturated carbocycles. The molecule has 0 radical (unpaired) electrons. The summed E-state index contributed by atoms with van der Waals surface area (Å²) < 4.78 is 19.5. The van der Waals surface area contributed by atoms with Crippen LogP contribution in [0.3, 0.4) is 0 Å². The minimum atomic E-state index is -0.0798. The van der Waals surface area contributed by atoms with Crippen molar-refractivity contribution in [2.24, 2.45) is 0 Å². The monoisotopic (exact) mass is 221 g/mol. The van der Waals surface area contributed by atoms with Crippen LogP contribution in [0.25, 0.3) is 0 Å². The van der Waals surface area contributed by atoms with Crippen LogP contribution in [-0.2, 0) is 11.2 Å². The number of hydrogen-bond acceptors (Lipinski definition) is 2. The zero-order valence-electron chi connectivity index (χ0n) is 9.21. The maximum Gasteiger partial charge on any atom is 0.126 e. The van der Waals surface area contributed by atoms with Crippen LogP contribution >= 0.6 is 0 Å². The number of benzene rings is 1. The molecule has 3 heteroatoms. The Morgan fingerprint density at radius 3 is 3.12 bits per heavy atom. The van der Waals surface area contributed by atoms with Crippen molar-refractivity contribution in [1.82, 2.24) is 5.32 Å². The van der Waals surface area contributed by atoms with Gasteiger partial charge >= 0.3 is 0 Å². The van der Waals surface area contributed by atoms with Crippen molar-refractivity contribution in [2.75, 3.05) is 13.2 Å². The highest BCUT2D eigenvalue weighted by Gasteiger charge is 2.31. The van der Waals surface area contributed by atoms with E-state index in [0.717, 1.165) is 24.1 Å². The second kappa shape index (κ2) is 4.15. The third kappa shape index (κ3) is 1.64. The molecule has 2 aliphatic rings. The molecule has 0 aliphatic carbocycles. The third-order valence-corrected chi connectivity index (χ3v) is 3.57. The summed E-state index contributed by atoms with van der Waals surface area (Å²) in [6, 6.07) is 5.69. The molecule has 16 heavy (non-hydrogen) atoms. The first-order valence-electron chi connectivity index (χ1n) is 5.98. The number of hydrogen-bond donors (Lipinski definition) is 1. The van der Waals surface area contributed by atoms with E-state index < -0.39 is 0 Å². The van der Waals surface area contributed by atoms with Crippen molar-refractivity contribution in [3.05, 3.63) is 35.1 Å². The molecule has 2 nitrogen and oxygen atoms in total. The summed E-state index contributed by atoms with van der Waals surface area (Å²) in [5.41, 5.74) is 1.90. The van der Waals surface area contributed by atoms with Crippen molar-refractivity contribution in [2.45, 2.75) is 31.4 Å². The molecule has 0 aromatic heterocycles. The van der Waals surface area contributed by atoms with Crippen molar-refractivity contribution in [1.29, 1.82) is 0 Å². The second-order valence-electron chi connectivity index (χ2n) is 4.55. The summed E-state index contributed by atoms with van der Waals surface area (Å²) in [7, 11) is 0. The smallest absolute Gasteiger partial charge is 0.126 e. The highest BCUT2D eigenvalue weighted by atomic mass is 19.1. The van der Waals surface area contributed by atoms with E-state index >= 15 is 0 Å². The molecular formula is C13H16FNO. The first kappa shape index (κ1) is 10.2. The molecule has 1 aromatic rings. The number of halogens is 1. The van der Waals surface area contributed by atoms with Gasteiger partial charge in [-0.05, 0) is 43.0 Å². The van der Waals surface area contributed by atoms with E-state index in [2.05, 4.69) is 5.32 Å². The van der Waals surface area contributed by atoms with Gasteiger partial charge in [0.25, 0.3) is 0 Å². The topological polar surface area (TPSA) is 21.3 Å². The van der Waals surface area contributed by atoms with Gasteiger partial charge in [0.15, 0.2) is 0 Å². The van der Waals surface area contributed by atoms with Gasteiger partial charge in [0, 0.05) is 6.04 Å². The lowest BCUT2D eigenvalue weighted by Gasteiger charge is -2.30. The lowest BCUT2D eigenvalue weighted by Crippen LogP contribution is -2.34. The van der Waals surface area contributed by atoms with Gasteiger partial charge in [0.2, 0.25) is 0 Å². The lowest BCUT2D eigenvalue weighted by molar-refractivity contribution is 0.0190. The maximum atomic E-state index is 13.7. The van der Waals surface area contributed by atoms with Crippen molar-refractivity contribution < 1.29 is 9.13 Å². The fraction of sp³-hybridized carbons (Fsp3) is 0.538. The van der Waals surface area contributed by atoms with E-state index in [4.69, 9.17) is 4.74 Å². The van der Waals surface area contributed by atoms with Crippen molar-refractivity contribution in [3.8, 4) is 0 Å². The molecule has 1 saturated heterocycles. The first-order chi connectivity index (χ1) is 7.86. The Labute approximate surface area is 94.8 Å². The molecule has 0 bridgehead atoms. The van der Waals surface area contributed by atoms with Crippen molar-refractivity contribution >= 4 is 0 Å². The van der Waals surface area contributed by atoms with Gasteiger partial charge in [-0.1, -0.05) is 12.1 Å². The molecule has 2 heterocycles. The largest absolute Gasteiger partial charge is 0.372 e. The highest BCUT2D eigenvalue weighted by Crippen LogP contribution is 2.33. The third-order valence-electron chi connectivity index (χ3n) is 3.57. The second-order valence-corrected chi connectivity index (χ2v) is 4.55. The van der Waals surface area contributed by atoms with Gasteiger partial charge in [-0.15, -0.1) is 0 Å². The Kier molecular flexibility index (Phi) is 2.65. The molecule has 2 atom stereocenters. The van der Waals surface area contributed by atoms with Gasteiger partial charge in [-0.25, -0.2) is 4.39 Å². The van der Waals surface area contributed by atoms with E-state index in [9.17, 15) is 4.39 Å². The molecule has 0 amide bonds. The number of ether oxygens (including phenoxy) is 1. The summed E-state index contributed by atoms with van der Waals surface area (Å²) in [5, 5.41) is 3.44. The van der Waals surface area contributed by atoms with E-state index in [1.165, 1.54) is 6.42 Å². The fourth-order valence-corrected chi connectivity index (χ4v) is 2.79. The van der Waals surface area contributed by atoms with Crippen molar-refractivity contribution in [3.63, 3.8) is 0 Å². The zero-order chi connectivity index (χ0) is 11.0. The quantitative estimate of drug-likeness (QED) is 0.785. The van der Waals surface area contributed by atoms with E-state index in [1.54, 1.807) is 12.1 Å². The molecule has 2 aliphatic heterocycles. The van der Waals surface area contributed by atoms with Gasteiger partial charge in [0.05, 0.1) is 12.7 Å². The minimum absolute atomic E-state index is 0.0435. The fourth-order valence-electron chi connectivity index (χ4n) is 2.79. The Hall–Kier alpha value is -0.930. The van der Waals surface area contributed by atoms with E-state index in [1.807, 2.05) is 6.07 Å². The predicted octanol–water partition coefficient (Wildman–Crippen LogP) is 2.19. The molecule has 1 N–H and O–H groups in total. The predicted molar refractivity (Wildman–Crippen MR) is 59.8 cm³/mol. The number of rotatable bonds is 1. The maximum absolute atomic E-state index is 13.7. The van der Waals surface area contributed by atoms with Gasteiger partial charge in [0.1, 0.15) is 5.82 Å². The van der Waals surface area contributed by atoms with Crippen LogP contribution in [0.5, 0.6) is 0 Å². The van der Waals surface area contributed by atoms with E-state index in [-0.39, 0.29) is 11.9 Å². The summed E-state index contributed by atoms with van der Waals surface area (Å²) in [5.74, 6) is -0.0798. The summed E-state index contributed by atoms with van der Waals surface area (Å²) in [6.45, 7) is 1.69. The number of nitrogens with one attached hydrogen (secondary N) is 1. The molecule has 86 valence electrons. The SMILES string of the molecule is Fc1cccc2c1CCO[C@H]2C1CCCN1. The summed E-state index contributed by atoms with van der Waals surface area (Å²) in [4.78, 5) is 0. The molecule has 1 fully saturated rings. The zero-order valence-corrected chi connectivity index (χ0v) is 9.21. The van der Waals surface area contributed by atoms with Crippen LogP contribution in [0, 0.1) is 5.82 Å². The average Bonchev–Trinajstić information content (AvgIpc) is 2.82. The van der Waals surface area contributed by atoms with Crippen LogP contribution in [0.15, 0.2) is 18.2 Å². The molecule has 1 aromatic carbocycles. The highest BCUT2D eigenvalue weighted by molar-refractivity contribution is 5.33. The standard InChI is InChI=1S/C13H16FNO/c14-11-4-1-3-10-9(11)6-8-16-13(10)12-5-2-7-15-12/h1,3-4,12-13,15H,2,5-8H2/t12?,13-/m1/s1. The summed E-state index contributed by atoms with van der Waals surface area (Å²) >= 11 is 0. The van der Waals surface area contributed by atoms with Crippen LogP contribution in [-0.4, -0.2) is 19.2 Å². The van der Waals surface area contributed by atoms with Crippen LogP contribution in [0.1, 0.15) is 30.1 Å². The molecular weight excluding hydrogens is 205 g/mol. The normalized spacial score (nSPS) is 29.1. The number of fused-ring (bicyclic) bond motifs is 1. The van der Waals surface area contributed by atoms with Gasteiger partial charge in [-0.3, -0.25) is 0 Å². The average molecular weight is 221 g/mol. The van der Waals surface area contributed by atoms with E-state index in [0.29, 0.717) is 19.1 Å². The first-order valence-corrected chi connectivity index (χ1v) is 5.98. The van der Waals surface area contributed by atoms with Gasteiger partial charge < -0.3 is 10.1 Å². The molecule has 3 rings (SSSR count). The Bertz CT molecular complexity index is 388. The molecule has 1 unspecified atom stereocenters. The summed E-state index contributed by atoms with van der Waals surface area (Å²) in [6.07, 6.45) is 3.06. The van der Waals surface area contributed by atoms with Crippen LogP contribution in [0.2, 0.25) is 0 Å².